The molecule has 1 amide bonds. The summed E-state index contributed by atoms with van der Waals surface area (Å²) in [5.41, 5.74) is 2.09. The van der Waals surface area contributed by atoms with E-state index < -0.39 is 5.91 Å². The lowest BCUT2D eigenvalue weighted by molar-refractivity contribution is 0.102. The van der Waals surface area contributed by atoms with Crippen LogP contribution in [-0.4, -0.2) is 23.1 Å². The lowest BCUT2D eigenvalue weighted by Gasteiger charge is -2.09. The molecule has 1 aromatic heterocycles. The van der Waals surface area contributed by atoms with E-state index in [1.807, 2.05) is 30.3 Å². The third-order valence-corrected chi connectivity index (χ3v) is 3.47. The maximum absolute atomic E-state index is 12.3. The standard InChI is InChI=1S/C18H16N2O4/c1-23-16-8-7-14(9-13(16)10-21)19-17(22)15-11-24-18(20-15)12-5-3-2-4-6-12/h2-9,11,21H,10H2,1H3,(H,19,22). The quantitative estimate of drug-likeness (QED) is 0.753. The summed E-state index contributed by atoms with van der Waals surface area (Å²) in [5, 5.41) is 12.1. The van der Waals surface area contributed by atoms with Gasteiger partial charge in [-0.05, 0) is 30.3 Å². The molecule has 0 atom stereocenters. The molecule has 0 aliphatic carbocycles. The first-order chi connectivity index (χ1) is 11.7. The van der Waals surface area contributed by atoms with Gasteiger partial charge >= 0.3 is 0 Å². The van der Waals surface area contributed by atoms with Crippen molar-refractivity contribution in [2.24, 2.45) is 0 Å². The van der Waals surface area contributed by atoms with Crippen LogP contribution < -0.4 is 10.1 Å². The number of carbonyl (C=O) groups is 1. The molecule has 0 saturated carbocycles. The Hall–Kier alpha value is -3.12. The Kier molecular flexibility index (Phi) is 4.58. The summed E-state index contributed by atoms with van der Waals surface area (Å²) < 4.78 is 10.5. The Balaban J connectivity index is 1.77. The van der Waals surface area contributed by atoms with Crippen LogP contribution in [0.4, 0.5) is 5.69 Å². The van der Waals surface area contributed by atoms with Crippen molar-refractivity contribution in [1.82, 2.24) is 4.98 Å². The number of hydrogen-bond acceptors (Lipinski definition) is 5. The van der Waals surface area contributed by atoms with Crippen LogP contribution in [0, 0.1) is 0 Å². The summed E-state index contributed by atoms with van der Waals surface area (Å²) in [5.74, 6) is 0.546. The summed E-state index contributed by atoms with van der Waals surface area (Å²) >= 11 is 0. The number of nitrogens with zero attached hydrogens (tertiary/aromatic N) is 1. The zero-order chi connectivity index (χ0) is 16.9. The van der Waals surface area contributed by atoms with Crippen molar-refractivity contribution in [3.05, 3.63) is 66.1 Å². The van der Waals surface area contributed by atoms with Gasteiger partial charge in [-0.25, -0.2) is 4.98 Å². The van der Waals surface area contributed by atoms with Crippen LogP contribution in [0.25, 0.3) is 11.5 Å². The van der Waals surface area contributed by atoms with Crippen molar-refractivity contribution < 1.29 is 19.1 Å². The van der Waals surface area contributed by atoms with Gasteiger partial charge in [0, 0.05) is 16.8 Å². The van der Waals surface area contributed by atoms with E-state index in [1.54, 1.807) is 18.2 Å². The monoisotopic (exact) mass is 324 g/mol. The maximum atomic E-state index is 12.3. The van der Waals surface area contributed by atoms with E-state index in [1.165, 1.54) is 13.4 Å². The van der Waals surface area contributed by atoms with Crippen LogP contribution in [0.3, 0.4) is 0 Å². The number of anilines is 1. The molecule has 0 spiro atoms. The fraction of sp³-hybridized carbons (Fsp3) is 0.111. The van der Waals surface area contributed by atoms with Gasteiger partial charge in [0.2, 0.25) is 5.89 Å². The molecular weight excluding hydrogens is 308 g/mol. The Morgan fingerprint density at radius 3 is 2.75 bits per heavy atom. The lowest BCUT2D eigenvalue weighted by atomic mass is 10.2. The highest BCUT2D eigenvalue weighted by Gasteiger charge is 2.14. The average Bonchev–Trinajstić information content (AvgIpc) is 3.12. The summed E-state index contributed by atoms with van der Waals surface area (Å²) in [4.78, 5) is 16.5. The second-order valence-electron chi connectivity index (χ2n) is 5.04. The van der Waals surface area contributed by atoms with Crippen molar-refractivity contribution in [1.29, 1.82) is 0 Å². The minimum Gasteiger partial charge on any atom is -0.496 e. The number of ether oxygens (including phenoxy) is 1. The zero-order valence-electron chi connectivity index (χ0n) is 13.0. The first-order valence-corrected chi connectivity index (χ1v) is 7.31. The molecule has 6 nitrogen and oxygen atoms in total. The molecule has 3 rings (SSSR count). The number of aliphatic hydroxyl groups excluding tert-OH is 1. The lowest BCUT2D eigenvalue weighted by Crippen LogP contribution is -2.12. The van der Waals surface area contributed by atoms with Crippen LogP contribution in [0.2, 0.25) is 0 Å². The van der Waals surface area contributed by atoms with Gasteiger partial charge in [0.1, 0.15) is 12.0 Å². The molecular formula is C18H16N2O4. The van der Waals surface area contributed by atoms with E-state index in [4.69, 9.17) is 9.15 Å². The second kappa shape index (κ2) is 6.97. The largest absolute Gasteiger partial charge is 0.496 e. The smallest absolute Gasteiger partial charge is 0.277 e. The predicted octanol–water partition coefficient (Wildman–Crippen LogP) is 3.09. The minimum atomic E-state index is -0.394. The molecule has 0 fully saturated rings. The second-order valence-corrected chi connectivity index (χ2v) is 5.04. The first-order valence-electron chi connectivity index (χ1n) is 7.31. The number of benzene rings is 2. The summed E-state index contributed by atoms with van der Waals surface area (Å²) in [6.45, 7) is -0.186. The van der Waals surface area contributed by atoms with Crippen LogP contribution >= 0.6 is 0 Å². The number of aromatic nitrogens is 1. The fourth-order valence-electron chi connectivity index (χ4n) is 2.27. The number of rotatable bonds is 5. The molecule has 0 aliphatic heterocycles. The third-order valence-electron chi connectivity index (χ3n) is 3.47. The minimum absolute atomic E-state index is 0.176. The number of aliphatic hydroxyl groups is 1. The molecule has 1 heterocycles. The Bertz CT molecular complexity index is 843. The van der Waals surface area contributed by atoms with Gasteiger partial charge in [-0.3, -0.25) is 4.79 Å². The van der Waals surface area contributed by atoms with Gasteiger partial charge in [0.05, 0.1) is 13.7 Å². The van der Waals surface area contributed by atoms with E-state index in [9.17, 15) is 9.90 Å². The van der Waals surface area contributed by atoms with Crippen molar-refractivity contribution in [2.45, 2.75) is 6.61 Å². The zero-order valence-corrected chi connectivity index (χ0v) is 13.0. The Morgan fingerprint density at radius 1 is 1.25 bits per heavy atom. The molecule has 2 N–H and O–H groups in total. The van der Waals surface area contributed by atoms with Gasteiger partial charge in [0.15, 0.2) is 5.69 Å². The van der Waals surface area contributed by atoms with Crippen LogP contribution in [0.5, 0.6) is 5.75 Å². The highest BCUT2D eigenvalue weighted by molar-refractivity contribution is 6.03. The predicted molar refractivity (Wildman–Crippen MR) is 88.8 cm³/mol. The van der Waals surface area contributed by atoms with Crippen LogP contribution in [0.15, 0.2) is 59.2 Å². The third kappa shape index (κ3) is 3.28. The van der Waals surface area contributed by atoms with E-state index in [2.05, 4.69) is 10.3 Å². The molecule has 0 bridgehead atoms. The Labute approximate surface area is 138 Å². The van der Waals surface area contributed by atoms with E-state index in [-0.39, 0.29) is 12.3 Å². The highest BCUT2D eigenvalue weighted by Crippen LogP contribution is 2.23. The van der Waals surface area contributed by atoms with Gasteiger partial charge in [-0.2, -0.15) is 0 Å². The van der Waals surface area contributed by atoms with Crippen molar-refractivity contribution in [3.63, 3.8) is 0 Å². The molecule has 24 heavy (non-hydrogen) atoms. The molecule has 3 aromatic rings. The molecule has 0 saturated heterocycles. The van der Waals surface area contributed by atoms with Crippen LogP contribution in [-0.2, 0) is 6.61 Å². The summed E-state index contributed by atoms with van der Waals surface area (Å²) in [6.07, 6.45) is 1.31. The molecule has 0 unspecified atom stereocenters. The average molecular weight is 324 g/mol. The highest BCUT2D eigenvalue weighted by atomic mass is 16.5. The van der Waals surface area contributed by atoms with Gasteiger partial charge < -0.3 is 19.6 Å². The normalized spacial score (nSPS) is 10.4. The van der Waals surface area contributed by atoms with Gasteiger partial charge in [-0.1, -0.05) is 18.2 Å². The van der Waals surface area contributed by atoms with Crippen molar-refractivity contribution >= 4 is 11.6 Å². The van der Waals surface area contributed by atoms with Gasteiger partial charge in [-0.15, -0.1) is 0 Å². The van der Waals surface area contributed by atoms with E-state index in [0.717, 1.165) is 5.56 Å². The van der Waals surface area contributed by atoms with E-state index >= 15 is 0 Å². The first kappa shape index (κ1) is 15.8. The molecule has 0 aliphatic rings. The SMILES string of the molecule is COc1ccc(NC(=O)c2coc(-c3ccccc3)n2)cc1CO. The summed E-state index contributed by atoms with van der Waals surface area (Å²) in [7, 11) is 1.52. The number of methoxy groups -OCH3 is 1. The van der Waals surface area contributed by atoms with Crippen molar-refractivity contribution in [3.8, 4) is 17.2 Å². The topological polar surface area (TPSA) is 84.6 Å². The number of oxazole rings is 1. The Morgan fingerprint density at radius 2 is 2.04 bits per heavy atom. The van der Waals surface area contributed by atoms with E-state index in [0.29, 0.717) is 22.9 Å². The molecule has 0 radical (unpaired) electrons. The fourth-order valence-corrected chi connectivity index (χ4v) is 2.27. The maximum Gasteiger partial charge on any atom is 0.277 e. The molecule has 6 heteroatoms. The number of amides is 1. The van der Waals surface area contributed by atoms with Gasteiger partial charge in [0.25, 0.3) is 5.91 Å². The number of carbonyl (C=O) groups excluding carboxylic acids is 1. The molecule has 122 valence electrons. The number of nitrogens with one attached hydrogen (secondary N) is 1. The molecule has 2 aromatic carbocycles. The van der Waals surface area contributed by atoms with Crippen LogP contribution in [0.1, 0.15) is 16.1 Å². The summed E-state index contributed by atoms with van der Waals surface area (Å²) in [6, 6.07) is 14.3. The number of hydrogen-bond donors (Lipinski definition) is 2. The van der Waals surface area contributed by atoms with Crippen molar-refractivity contribution in [2.75, 3.05) is 12.4 Å².